The zero-order chi connectivity index (χ0) is 14.3. The van der Waals surface area contributed by atoms with Crippen LogP contribution in [0.25, 0.3) is 0 Å². The molecule has 1 aromatic rings. The van der Waals surface area contributed by atoms with Gasteiger partial charge in [-0.25, -0.2) is 0 Å². The molecule has 1 aliphatic heterocycles. The first-order valence-electron chi connectivity index (χ1n) is 7.82. The Morgan fingerprint density at radius 2 is 2.05 bits per heavy atom. The third-order valence-corrected chi connectivity index (χ3v) is 5.32. The van der Waals surface area contributed by atoms with Crippen LogP contribution in [-0.4, -0.2) is 25.2 Å². The molecule has 3 heteroatoms. The van der Waals surface area contributed by atoms with Crippen molar-refractivity contribution >= 4 is 21.6 Å². The van der Waals surface area contributed by atoms with Crippen LogP contribution in [0.2, 0.25) is 0 Å². The molecule has 2 nitrogen and oxygen atoms in total. The maximum atomic E-state index is 3.79. The number of anilines is 1. The summed E-state index contributed by atoms with van der Waals surface area (Å²) in [5, 5.41) is 3.79. The molecule has 0 amide bonds. The monoisotopic (exact) mass is 336 g/mol. The molecule has 0 spiro atoms. The standard InChI is InChI=1S/C17H25BrN2/c1-11(2)17-9-19-15(13-5-6-13)10-20(17)16-8-14(18)7-4-12(16)3/h4,7-8,11,13,15,17,19H,5-6,9-10H2,1-3H3. The average Bonchev–Trinajstić information content (AvgIpc) is 3.25. The lowest BCUT2D eigenvalue weighted by atomic mass is 9.95. The lowest BCUT2D eigenvalue weighted by molar-refractivity contribution is 0.320. The predicted molar refractivity (Wildman–Crippen MR) is 89.4 cm³/mol. The molecule has 2 fully saturated rings. The normalized spacial score (nSPS) is 27.1. The van der Waals surface area contributed by atoms with Gasteiger partial charge in [0.2, 0.25) is 0 Å². The number of hydrogen-bond acceptors (Lipinski definition) is 2. The number of nitrogens with zero attached hydrogens (tertiary/aromatic N) is 1. The van der Waals surface area contributed by atoms with Crippen molar-refractivity contribution in [3.05, 3.63) is 28.2 Å². The summed E-state index contributed by atoms with van der Waals surface area (Å²) >= 11 is 3.63. The number of halogens is 1. The van der Waals surface area contributed by atoms with Gasteiger partial charge in [0.1, 0.15) is 0 Å². The van der Waals surface area contributed by atoms with E-state index < -0.39 is 0 Å². The van der Waals surface area contributed by atoms with Gasteiger partial charge in [-0.3, -0.25) is 0 Å². The number of hydrogen-bond donors (Lipinski definition) is 1. The maximum Gasteiger partial charge on any atom is 0.0438 e. The van der Waals surface area contributed by atoms with Gasteiger partial charge < -0.3 is 10.2 Å². The summed E-state index contributed by atoms with van der Waals surface area (Å²) in [6, 6.07) is 7.94. The van der Waals surface area contributed by atoms with Gasteiger partial charge in [0.05, 0.1) is 0 Å². The molecule has 1 saturated carbocycles. The third kappa shape index (κ3) is 2.89. The molecule has 2 atom stereocenters. The minimum atomic E-state index is 0.595. The minimum Gasteiger partial charge on any atom is -0.365 e. The summed E-state index contributed by atoms with van der Waals surface area (Å²) in [4.78, 5) is 2.66. The highest BCUT2D eigenvalue weighted by Crippen LogP contribution is 2.37. The van der Waals surface area contributed by atoms with Crippen molar-refractivity contribution in [2.24, 2.45) is 11.8 Å². The first kappa shape index (κ1) is 14.4. The van der Waals surface area contributed by atoms with E-state index in [2.05, 4.69) is 65.1 Å². The number of rotatable bonds is 3. The smallest absolute Gasteiger partial charge is 0.0438 e. The highest BCUT2D eigenvalue weighted by atomic mass is 79.9. The van der Waals surface area contributed by atoms with Crippen molar-refractivity contribution in [3.63, 3.8) is 0 Å². The van der Waals surface area contributed by atoms with E-state index in [1.54, 1.807) is 0 Å². The fourth-order valence-electron chi connectivity index (χ4n) is 3.37. The topological polar surface area (TPSA) is 15.3 Å². The molecule has 0 radical (unpaired) electrons. The van der Waals surface area contributed by atoms with Crippen LogP contribution >= 0.6 is 15.9 Å². The van der Waals surface area contributed by atoms with Crippen LogP contribution in [0.3, 0.4) is 0 Å². The van der Waals surface area contributed by atoms with E-state index in [-0.39, 0.29) is 0 Å². The zero-order valence-electron chi connectivity index (χ0n) is 12.7. The van der Waals surface area contributed by atoms with Crippen LogP contribution < -0.4 is 10.2 Å². The Labute approximate surface area is 131 Å². The van der Waals surface area contributed by atoms with Gasteiger partial charge in [-0.05, 0) is 49.3 Å². The summed E-state index contributed by atoms with van der Waals surface area (Å²) in [5.74, 6) is 1.58. The van der Waals surface area contributed by atoms with Gasteiger partial charge >= 0.3 is 0 Å². The molecule has 1 saturated heterocycles. The van der Waals surface area contributed by atoms with Gasteiger partial charge in [0.15, 0.2) is 0 Å². The molecule has 1 heterocycles. The third-order valence-electron chi connectivity index (χ3n) is 4.82. The van der Waals surface area contributed by atoms with E-state index in [4.69, 9.17) is 0 Å². The molecule has 110 valence electrons. The predicted octanol–water partition coefficient (Wildman–Crippen LogP) is 3.97. The molecule has 3 rings (SSSR count). The number of piperazine rings is 1. The van der Waals surface area contributed by atoms with Gasteiger partial charge in [-0.15, -0.1) is 0 Å². The van der Waals surface area contributed by atoms with Gasteiger partial charge in [-0.1, -0.05) is 35.8 Å². The Bertz CT molecular complexity index is 482. The summed E-state index contributed by atoms with van der Waals surface area (Å²) < 4.78 is 1.18. The van der Waals surface area contributed by atoms with Crippen molar-refractivity contribution in [1.29, 1.82) is 0 Å². The fourth-order valence-corrected chi connectivity index (χ4v) is 3.72. The van der Waals surface area contributed by atoms with Crippen LogP contribution in [0.15, 0.2) is 22.7 Å². The number of aryl methyl sites for hydroxylation is 1. The molecule has 2 unspecified atom stereocenters. The SMILES string of the molecule is Cc1ccc(Br)cc1N1CC(C2CC2)NCC1C(C)C. The largest absolute Gasteiger partial charge is 0.365 e. The Kier molecular flexibility index (Phi) is 4.09. The second-order valence-corrected chi connectivity index (χ2v) is 7.66. The summed E-state index contributed by atoms with van der Waals surface area (Å²) in [6.45, 7) is 9.18. The Morgan fingerprint density at radius 3 is 2.70 bits per heavy atom. The second-order valence-electron chi connectivity index (χ2n) is 6.75. The molecule has 20 heavy (non-hydrogen) atoms. The van der Waals surface area contributed by atoms with Crippen molar-refractivity contribution in [2.45, 2.75) is 45.7 Å². The quantitative estimate of drug-likeness (QED) is 0.898. The lowest BCUT2D eigenvalue weighted by Crippen LogP contribution is -2.59. The molecule has 0 bridgehead atoms. The van der Waals surface area contributed by atoms with E-state index in [0.29, 0.717) is 18.0 Å². The van der Waals surface area contributed by atoms with Crippen LogP contribution in [0, 0.1) is 18.8 Å². The molecule has 1 N–H and O–H groups in total. The molecular formula is C17H25BrN2. The number of nitrogens with one attached hydrogen (secondary N) is 1. The van der Waals surface area contributed by atoms with Crippen molar-refractivity contribution in [3.8, 4) is 0 Å². The van der Waals surface area contributed by atoms with E-state index >= 15 is 0 Å². The summed E-state index contributed by atoms with van der Waals surface area (Å²) in [7, 11) is 0. The molecule has 2 aliphatic rings. The maximum absolute atomic E-state index is 3.79. The van der Waals surface area contributed by atoms with Gasteiger partial charge in [0.25, 0.3) is 0 Å². The van der Waals surface area contributed by atoms with E-state index in [1.807, 2.05) is 0 Å². The first-order valence-corrected chi connectivity index (χ1v) is 8.61. The van der Waals surface area contributed by atoms with Gasteiger partial charge in [0, 0.05) is 35.3 Å². The second kappa shape index (κ2) is 5.69. The molecule has 1 aromatic carbocycles. The first-order chi connectivity index (χ1) is 9.56. The highest BCUT2D eigenvalue weighted by Gasteiger charge is 2.38. The van der Waals surface area contributed by atoms with Gasteiger partial charge in [-0.2, -0.15) is 0 Å². The van der Waals surface area contributed by atoms with Crippen molar-refractivity contribution < 1.29 is 0 Å². The van der Waals surface area contributed by atoms with Crippen LogP contribution in [0.4, 0.5) is 5.69 Å². The molecule has 1 aliphatic carbocycles. The van der Waals surface area contributed by atoms with Crippen molar-refractivity contribution in [2.75, 3.05) is 18.0 Å². The Hall–Kier alpha value is -0.540. The molecule has 0 aromatic heterocycles. The minimum absolute atomic E-state index is 0.595. The lowest BCUT2D eigenvalue weighted by Gasteiger charge is -2.44. The van der Waals surface area contributed by atoms with E-state index in [0.717, 1.165) is 19.0 Å². The van der Waals surface area contributed by atoms with Crippen LogP contribution in [-0.2, 0) is 0 Å². The average molecular weight is 337 g/mol. The van der Waals surface area contributed by atoms with Crippen molar-refractivity contribution in [1.82, 2.24) is 5.32 Å². The summed E-state index contributed by atoms with van der Waals surface area (Å²) in [5.41, 5.74) is 2.79. The highest BCUT2D eigenvalue weighted by molar-refractivity contribution is 9.10. The summed E-state index contributed by atoms with van der Waals surface area (Å²) in [6.07, 6.45) is 2.82. The Balaban J connectivity index is 1.89. The zero-order valence-corrected chi connectivity index (χ0v) is 14.3. The number of benzene rings is 1. The van der Waals surface area contributed by atoms with Crippen LogP contribution in [0.5, 0.6) is 0 Å². The van der Waals surface area contributed by atoms with Crippen LogP contribution in [0.1, 0.15) is 32.3 Å². The van der Waals surface area contributed by atoms with E-state index in [1.165, 1.54) is 28.6 Å². The Morgan fingerprint density at radius 1 is 1.30 bits per heavy atom. The van der Waals surface area contributed by atoms with E-state index in [9.17, 15) is 0 Å². The molecular weight excluding hydrogens is 312 g/mol. The fraction of sp³-hybridized carbons (Fsp3) is 0.647.